The summed E-state index contributed by atoms with van der Waals surface area (Å²) < 4.78 is 1.28. The molecule has 1 heterocycles. The molecule has 0 aromatic heterocycles. The third-order valence-corrected chi connectivity index (χ3v) is 3.99. The summed E-state index contributed by atoms with van der Waals surface area (Å²) in [5, 5.41) is 3.57. The van der Waals surface area contributed by atoms with E-state index in [1.807, 2.05) is 0 Å². The Hall–Kier alpha value is -0.340. The SMILES string of the molecule is Cc1cccc(C2CCCCN2)c1Br. The number of rotatable bonds is 1. The van der Waals surface area contributed by atoms with Gasteiger partial charge in [0, 0.05) is 10.5 Å². The highest BCUT2D eigenvalue weighted by Gasteiger charge is 2.17. The summed E-state index contributed by atoms with van der Waals surface area (Å²) in [6.45, 7) is 3.31. The first-order valence-corrected chi connectivity index (χ1v) is 6.07. The molecule has 0 aliphatic carbocycles. The van der Waals surface area contributed by atoms with Gasteiger partial charge in [-0.05, 0) is 37.4 Å². The predicted molar refractivity (Wildman–Crippen MR) is 63.5 cm³/mol. The fourth-order valence-electron chi connectivity index (χ4n) is 2.06. The van der Waals surface area contributed by atoms with Crippen LogP contribution in [0, 0.1) is 6.92 Å². The van der Waals surface area contributed by atoms with E-state index in [4.69, 9.17) is 0 Å². The summed E-state index contributed by atoms with van der Waals surface area (Å²) in [4.78, 5) is 0. The molecular weight excluding hydrogens is 238 g/mol. The molecule has 1 aromatic rings. The van der Waals surface area contributed by atoms with Gasteiger partial charge in [-0.25, -0.2) is 0 Å². The molecule has 1 nitrogen and oxygen atoms in total. The third kappa shape index (κ3) is 2.01. The highest BCUT2D eigenvalue weighted by atomic mass is 79.9. The number of benzene rings is 1. The van der Waals surface area contributed by atoms with Gasteiger partial charge in [-0.3, -0.25) is 0 Å². The van der Waals surface area contributed by atoms with Crippen molar-refractivity contribution in [2.75, 3.05) is 6.54 Å². The van der Waals surface area contributed by atoms with Crippen LogP contribution < -0.4 is 5.32 Å². The molecule has 1 N–H and O–H groups in total. The van der Waals surface area contributed by atoms with Gasteiger partial charge in [0.05, 0.1) is 0 Å². The predicted octanol–water partition coefficient (Wildman–Crippen LogP) is 3.57. The third-order valence-electron chi connectivity index (χ3n) is 2.91. The molecule has 1 fully saturated rings. The van der Waals surface area contributed by atoms with Crippen LogP contribution in [0.5, 0.6) is 0 Å². The maximum Gasteiger partial charge on any atom is 0.0331 e. The average molecular weight is 254 g/mol. The molecule has 1 unspecified atom stereocenters. The minimum absolute atomic E-state index is 0.554. The van der Waals surface area contributed by atoms with Crippen LogP contribution in [-0.4, -0.2) is 6.54 Å². The second-order valence-electron chi connectivity index (χ2n) is 3.98. The lowest BCUT2D eigenvalue weighted by Crippen LogP contribution is -2.27. The largest absolute Gasteiger partial charge is 0.310 e. The molecule has 0 amide bonds. The Morgan fingerprint density at radius 3 is 2.93 bits per heavy atom. The van der Waals surface area contributed by atoms with Crippen molar-refractivity contribution in [1.29, 1.82) is 0 Å². The minimum Gasteiger partial charge on any atom is -0.310 e. The molecule has 0 bridgehead atoms. The average Bonchev–Trinajstić information content (AvgIpc) is 2.23. The van der Waals surface area contributed by atoms with Crippen molar-refractivity contribution in [2.45, 2.75) is 32.2 Å². The summed E-state index contributed by atoms with van der Waals surface area (Å²) in [5.74, 6) is 0. The quantitative estimate of drug-likeness (QED) is 0.807. The fraction of sp³-hybridized carbons (Fsp3) is 0.500. The fourth-order valence-corrected chi connectivity index (χ4v) is 2.60. The van der Waals surface area contributed by atoms with Crippen molar-refractivity contribution in [3.63, 3.8) is 0 Å². The summed E-state index contributed by atoms with van der Waals surface area (Å²) in [5.41, 5.74) is 2.75. The molecule has 76 valence electrons. The van der Waals surface area contributed by atoms with Crippen LogP contribution >= 0.6 is 15.9 Å². The van der Waals surface area contributed by atoms with E-state index in [0.717, 1.165) is 6.54 Å². The minimum atomic E-state index is 0.554. The lowest BCUT2D eigenvalue weighted by Gasteiger charge is -2.25. The molecular formula is C12H16BrN. The van der Waals surface area contributed by atoms with E-state index >= 15 is 0 Å². The first-order chi connectivity index (χ1) is 6.79. The molecule has 1 aromatic carbocycles. The van der Waals surface area contributed by atoms with Gasteiger partial charge in [0.2, 0.25) is 0 Å². The zero-order valence-electron chi connectivity index (χ0n) is 8.52. The topological polar surface area (TPSA) is 12.0 Å². The normalized spacial score (nSPS) is 22.3. The van der Waals surface area contributed by atoms with Crippen LogP contribution in [0.3, 0.4) is 0 Å². The van der Waals surface area contributed by atoms with Gasteiger partial charge < -0.3 is 5.32 Å². The first kappa shape index (κ1) is 10.2. The molecule has 1 saturated heterocycles. The number of hydrogen-bond donors (Lipinski definition) is 1. The van der Waals surface area contributed by atoms with Crippen LogP contribution in [0.15, 0.2) is 22.7 Å². The number of nitrogens with one attached hydrogen (secondary N) is 1. The van der Waals surface area contributed by atoms with E-state index in [-0.39, 0.29) is 0 Å². The summed E-state index contributed by atoms with van der Waals surface area (Å²) >= 11 is 3.68. The highest BCUT2D eigenvalue weighted by molar-refractivity contribution is 9.10. The van der Waals surface area contributed by atoms with Crippen LogP contribution in [0.25, 0.3) is 0 Å². The van der Waals surface area contributed by atoms with Gasteiger partial charge >= 0.3 is 0 Å². The van der Waals surface area contributed by atoms with Gasteiger partial charge in [-0.15, -0.1) is 0 Å². The maximum atomic E-state index is 3.68. The van der Waals surface area contributed by atoms with Gasteiger partial charge in [0.25, 0.3) is 0 Å². The van der Waals surface area contributed by atoms with Crippen LogP contribution in [-0.2, 0) is 0 Å². The van der Waals surface area contributed by atoms with Crippen molar-refractivity contribution >= 4 is 15.9 Å². The zero-order chi connectivity index (χ0) is 9.97. The van der Waals surface area contributed by atoms with E-state index in [1.54, 1.807) is 0 Å². The molecule has 14 heavy (non-hydrogen) atoms. The van der Waals surface area contributed by atoms with Crippen LogP contribution in [0.1, 0.15) is 36.4 Å². The van der Waals surface area contributed by atoms with Crippen molar-refractivity contribution in [1.82, 2.24) is 5.32 Å². The monoisotopic (exact) mass is 253 g/mol. The molecule has 2 heteroatoms. The van der Waals surface area contributed by atoms with Gasteiger partial charge in [-0.1, -0.05) is 40.5 Å². The van der Waals surface area contributed by atoms with Crippen molar-refractivity contribution in [2.24, 2.45) is 0 Å². The molecule has 1 aliphatic heterocycles. The summed E-state index contributed by atoms with van der Waals surface area (Å²) in [6.07, 6.45) is 3.93. The van der Waals surface area contributed by atoms with Gasteiger partial charge in [0.15, 0.2) is 0 Å². The Morgan fingerprint density at radius 1 is 1.36 bits per heavy atom. The number of aryl methyl sites for hydroxylation is 1. The van der Waals surface area contributed by atoms with E-state index in [1.165, 1.54) is 34.9 Å². The number of piperidine rings is 1. The summed E-state index contributed by atoms with van der Waals surface area (Å²) in [7, 11) is 0. The highest BCUT2D eigenvalue weighted by Crippen LogP contribution is 2.30. The van der Waals surface area contributed by atoms with Crippen molar-refractivity contribution < 1.29 is 0 Å². The van der Waals surface area contributed by atoms with E-state index in [0.29, 0.717) is 6.04 Å². The van der Waals surface area contributed by atoms with E-state index < -0.39 is 0 Å². The van der Waals surface area contributed by atoms with Crippen LogP contribution in [0.2, 0.25) is 0 Å². The molecule has 2 rings (SSSR count). The molecule has 1 atom stereocenters. The Labute approximate surface area is 94.0 Å². The van der Waals surface area contributed by atoms with E-state index in [2.05, 4.69) is 46.4 Å². The summed E-state index contributed by atoms with van der Waals surface area (Å²) in [6, 6.07) is 7.07. The standard InChI is InChI=1S/C12H16BrN/c1-9-5-4-6-10(12(9)13)11-7-2-3-8-14-11/h4-6,11,14H,2-3,7-8H2,1H3. The van der Waals surface area contributed by atoms with Gasteiger partial charge in [0.1, 0.15) is 0 Å². The lowest BCUT2D eigenvalue weighted by molar-refractivity contribution is 0.411. The second-order valence-corrected chi connectivity index (χ2v) is 4.77. The molecule has 0 radical (unpaired) electrons. The number of halogens is 1. The Morgan fingerprint density at radius 2 is 2.21 bits per heavy atom. The molecule has 0 saturated carbocycles. The molecule has 1 aliphatic rings. The Bertz CT molecular complexity index is 316. The molecule has 0 spiro atoms. The zero-order valence-corrected chi connectivity index (χ0v) is 10.1. The Balaban J connectivity index is 2.26. The second kappa shape index (κ2) is 4.45. The van der Waals surface area contributed by atoms with Crippen molar-refractivity contribution in [3.8, 4) is 0 Å². The maximum absolute atomic E-state index is 3.68. The Kier molecular flexibility index (Phi) is 3.24. The number of hydrogen-bond acceptors (Lipinski definition) is 1. The van der Waals surface area contributed by atoms with Gasteiger partial charge in [-0.2, -0.15) is 0 Å². The van der Waals surface area contributed by atoms with E-state index in [9.17, 15) is 0 Å². The smallest absolute Gasteiger partial charge is 0.0331 e. The lowest BCUT2D eigenvalue weighted by atomic mass is 9.96. The van der Waals surface area contributed by atoms with Crippen LogP contribution in [0.4, 0.5) is 0 Å². The van der Waals surface area contributed by atoms with Crippen molar-refractivity contribution in [3.05, 3.63) is 33.8 Å². The first-order valence-electron chi connectivity index (χ1n) is 5.27.